The summed E-state index contributed by atoms with van der Waals surface area (Å²) in [4.78, 5) is 0. The minimum absolute atomic E-state index is 0.0612. The topological polar surface area (TPSA) is 39.2 Å². The van der Waals surface area contributed by atoms with E-state index in [0.717, 1.165) is 6.07 Å². The van der Waals surface area contributed by atoms with Crippen LogP contribution < -0.4 is 5.73 Å². The number of fused-ring (bicyclic) bond motifs is 1. The molecule has 1 heterocycles. The van der Waals surface area contributed by atoms with Crippen molar-refractivity contribution in [2.45, 2.75) is 19.4 Å². The molecule has 1 aromatic carbocycles. The molecule has 1 unspecified atom stereocenters. The van der Waals surface area contributed by atoms with Crippen LogP contribution in [0.3, 0.4) is 0 Å². The Hall–Kier alpha value is -1.42. The van der Waals surface area contributed by atoms with Crippen molar-refractivity contribution in [3.63, 3.8) is 0 Å². The summed E-state index contributed by atoms with van der Waals surface area (Å²) in [5.41, 5.74) is 5.68. The van der Waals surface area contributed by atoms with Crippen LogP contribution in [-0.4, -0.2) is 0 Å². The van der Waals surface area contributed by atoms with Gasteiger partial charge >= 0.3 is 0 Å². The third kappa shape index (κ3) is 1.61. The number of hydrogen-bond donors (Lipinski definition) is 1. The van der Waals surface area contributed by atoms with Crippen molar-refractivity contribution in [2.75, 3.05) is 0 Å². The fourth-order valence-electron chi connectivity index (χ4n) is 1.45. The van der Waals surface area contributed by atoms with E-state index in [2.05, 4.69) is 0 Å². The molecule has 0 bridgehead atoms. The minimum Gasteiger partial charge on any atom is -0.456 e. The first-order valence-electron chi connectivity index (χ1n) is 4.76. The van der Waals surface area contributed by atoms with Crippen LogP contribution in [0, 0.1) is 11.6 Å². The van der Waals surface area contributed by atoms with Crippen LogP contribution in [0.2, 0.25) is 0 Å². The number of halogens is 2. The van der Waals surface area contributed by atoms with Crippen LogP contribution in [0.25, 0.3) is 11.0 Å². The lowest BCUT2D eigenvalue weighted by Gasteiger charge is -2.02. The maximum atomic E-state index is 13.3. The van der Waals surface area contributed by atoms with E-state index >= 15 is 0 Å². The predicted molar refractivity (Wildman–Crippen MR) is 53.3 cm³/mol. The molecule has 0 saturated heterocycles. The van der Waals surface area contributed by atoms with Crippen molar-refractivity contribution in [1.82, 2.24) is 0 Å². The molecular formula is C11H11F2NO. The molecule has 0 amide bonds. The van der Waals surface area contributed by atoms with Crippen molar-refractivity contribution in [2.24, 2.45) is 5.73 Å². The van der Waals surface area contributed by atoms with Crippen LogP contribution >= 0.6 is 0 Å². The second kappa shape index (κ2) is 3.62. The normalized spacial score (nSPS) is 13.3. The van der Waals surface area contributed by atoms with Gasteiger partial charge in [-0.05, 0) is 24.6 Å². The third-order valence-electron chi connectivity index (χ3n) is 2.40. The van der Waals surface area contributed by atoms with Gasteiger partial charge in [0.25, 0.3) is 0 Å². The lowest BCUT2D eigenvalue weighted by atomic mass is 10.1. The molecule has 2 aromatic rings. The Bertz CT molecular complexity index is 493. The smallest absolute Gasteiger partial charge is 0.201 e. The maximum absolute atomic E-state index is 13.3. The van der Waals surface area contributed by atoms with Gasteiger partial charge in [0.2, 0.25) is 5.82 Å². The van der Waals surface area contributed by atoms with Gasteiger partial charge in [0.05, 0.1) is 6.04 Å². The van der Waals surface area contributed by atoms with E-state index in [1.165, 1.54) is 6.07 Å². The highest BCUT2D eigenvalue weighted by molar-refractivity contribution is 5.78. The minimum atomic E-state index is -0.956. The van der Waals surface area contributed by atoms with Gasteiger partial charge in [-0.2, -0.15) is 4.39 Å². The van der Waals surface area contributed by atoms with E-state index in [0.29, 0.717) is 17.6 Å². The molecule has 1 aromatic heterocycles. The zero-order valence-corrected chi connectivity index (χ0v) is 8.26. The summed E-state index contributed by atoms with van der Waals surface area (Å²) >= 11 is 0. The monoisotopic (exact) mass is 211 g/mol. The molecule has 0 spiro atoms. The number of benzene rings is 1. The molecule has 0 aliphatic carbocycles. The fourth-order valence-corrected chi connectivity index (χ4v) is 1.45. The molecule has 4 heteroatoms. The Morgan fingerprint density at radius 3 is 2.80 bits per heavy atom. The van der Waals surface area contributed by atoms with E-state index < -0.39 is 11.6 Å². The molecule has 0 radical (unpaired) electrons. The van der Waals surface area contributed by atoms with Crippen LogP contribution in [0.15, 0.2) is 22.6 Å². The number of hydrogen-bond acceptors (Lipinski definition) is 2. The highest BCUT2D eigenvalue weighted by atomic mass is 19.2. The summed E-state index contributed by atoms with van der Waals surface area (Å²) < 4.78 is 31.3. The molecule has 2 rings (SSSR count). The van der Waals surface area contributed by atoms with Gasteiger partial charge < -0.3 is 10.2 Å². The summed E-state index contributed by atoms with van der Waals surface area (Å²) in [7, 11) is 0. The van der Waals surface area contributed by atoms with Crippen LogP contribution in [0.5, 0.6) is 0 Å². The molecule has 0 fully saturated rings. The first-order chi connectivity index (χ1) is 7.13. The molecule has 2 nitrogen and oxygen atoms in total. The van der Waals surface area contributed by atoms with Crippen molar-refractivity contribution in [3.05, 3.63) is 35.6 Å². The van der Waals surface area contributed by atoms with E-state index in [1.807, 2.05) is 6.92 Å². The molecule has 2 N–H and O–H groups in total. The van der Waals surface area contributed by atoms with Crippen molar-refractivity contribution in [3.8, 4) is 0 Å². The lowest BCUT2D eigenvalue weighted by molar-refractivity contribution is 0.456. The summed E-state index contributed by atoms with van der Waals surface area (Å²) in [6, 6.07) is 3.92. The molecule has 1 atom stereocenters. The van der Waals surface area contributed by atoms with Crippen LogP contribution in [-0.2, 0) is 0 Å². The van der Waals surface area contributed by atoms with Gasteiger partial charge in [-0.1, -0.05) is 6.92 Å². The summed E-state index contributed by atoms with van der Waals surface area (Å²) in [5.74, 6) is -1.38. The van der Waals surface area contributed by atoms with Gasteiger partial charge in [0.15, 0.2) is 11.4 Å². The number of nitrogens with two attached hydrogens (primary N) is 1. The molecule has 15 heavy (non-hydrogen) atoms. The quantitative estimate of drug-likeness (QED) is 0.828. The molecule has 0 saturated carbocycles. The van der Waals surface area contributed by atoms with Crippen molar-refractivity contribution < 1.29 is 13.2 Å². The zero-order valence-electron chi connectivity index (χ0n) is 8.26. The summed E-state index contributed by atoms with van der Waals surface area (Å²) in [6.45, 7) is 1.90. The van der Waals surface area contributed by atoms with Gasteiger partial charge in [0, 0.05) is 5.39 Å². The Labute approximate surface area is 85.7 Å². The van der Waals surface area contributed by atoms with Crippen LogP contribution in [0.1, 0.15) is 25.1 Å². The second-order valence-corrected chi connectivity index (χ2v) is 3.44. The second-order valence-electron chi connectivity index (χ2n) is 3.44. The zero-order chi connectivity index (χ0) is 11.0. The van der Waals surface area contributed by atoms with E-state index in [9.17, 15) is 8.78 Å². The Morgan fingerprint density at radius 2 is 2.13 bits per heavy atom. The summed E-state index contributed by atoms with van der Waals surface area (Å²) in [5, 5.41) is 0.535. The van der Waals surface area contributed by atoms with Gasteiger partial charge in [-0.25, -0.2) is 4.39 Å². The van der Waals surface area contributed by atoms with Gasteiger partial charge in [-0.3, -0.25) is 0 Å². The number of furan rings is 1. The Kier molecular flexibility index (Phi) is 2.44. The average Bonchev–Trinajstić information content (AvgIpc) is 2.67. The highest BCUT2D eigenvalue weighted by Crippen LogP contribution is 2.27. The predicted octanol–water partition coefficient (Wildman–Crippen LogP) is 3.12. The Morgan fingerprint density at radius 1 is 1.40 bits per heavy atom. The third-order valence-corrected chi connectivity index (χ3v) is 2.40. The fraction of sp³-hybridized carbons (Fsp3) is 0.273. The molecule has 80 valence electrons. The average molecular weight is 211 g/mol. The Balaban J connectivity index is 2.61. The van der Waals surface area contributed by atoms with Crippen molar-refractivity contribution >= 4 is 11.0 Å². The first-order valence-corrected chi connectivity index (χ1v) is 4.76. The van der Waals surface area contributed by atoms with Crippen molar-refractivity contribution in [1.29, 1.82) is 0 Å². The largest absolute Gasteiger partial charge is 0.456 e. The standard InChI is InChI=1S/C11H11F2NO/c1-2-8(14)9-5-6-3-4-7(12)10(13)11(6)15-9/h3-5,8H,2,14H2,1H3. The summed E-state index contributed by atoms with van der Waals surface area (Å²) in [6.07, 6.45) is 0.684. The van der Waals surface area contributed by atoms with E-state index in [1.54, 1.807) is 6.07 Å². The first kappa shape index (κ1) is 10.1. The highest BCUT2D eigenvalue weighted by Gasteiger charge is 2.15. The molecule has 0 aliphatic rings. The van der Waals surface area contributed by atoms with E-state index in [4.69, 9.17) is 10.2 Å². The molecular weight excluding hydrogens is 200 g/mol. The van der Waals surface area contributed by atoms with Gasteiger partial charge in [0.1, 0.15) is 5.76 Å². The van der Waals surface area contributed by atoms with Crippen LogP contribution in [0.4, 0.5) is 8.78 Å². The van der Waals surface area contributed by atoms with Gasteiger partial charge in [-0.15, -0.1) is 0 Å². The van der Waals surface area contributed by atoms with E-state index in [-0.39, 0.29) is 11.6 Å². The molecule has 0 aliphatic heterocycles. The SMILES string of the molecule is CCC(N)c1cc2ccc(F)c(F)c2o1. The number of rotatable bonds is 2. The maximum Gasteiger partial charge on any atom is 0.201 e. The lowest BCUT2D eigenvalue weighted by Crippen LogP contribution is -2.06.